The van der Waals surface area contributed by atoms with Gasteiger partial charge in [-0.3, -0.25) is 9.69 Å². The highest BCUT2D eigenvalue weighted by molar-refractivity contribution is 7.15. The molecule has 2 atom stereocenters. The summed E-state index contributed by atoms with van der Waals surface area (Å²) in [5.74, 6) is 0.0953. The Balaban J connectivity index is 1.59. The number of carbonyl (C=O) groups is 1. The van der Waals surface area contributed by atoms with Crippen LogP contribution in [0.25, 0.3) is 5.00 Å². The number of thiophene rings is 1. The van der Waals surface area contributed by atoms with Gasteiger partial charge in [-0.05, 0) is 57.4 Å². The highest BCUT2D eigenvalue weighted by Crippen LogP contribution is 2.32. The van der Waals surface area contributed by atoms with Gasteiger partial charge in [-0.1, -0.05) is 6.42 Å². The number of aromatic nitrogens is 1. The Morgan fingerprint density at radius 3 is 2.75 bits per heavy atom. The van der Waals surface area contributed by atoms with Gasteiger partial charge >= 0.3 is 0 Å². The van der Waals surface area contributed by atoms with Crippen molar-refractivity contribution in [3.63, 3.8) is 0 Å². The van der Waals surface area contributed by atoms with Crippen molar-refractivity contribution in [1.29, 1.82) is 0 Å². The molecule has 0 aromatic carbocycles. The van der Waals surface area contributed by atoms with E-state index in [1.165, 1.54) is 30.7 Å². The highest BCUT2D eigenvalue weighted by Gasteiger charge is 2.37. The first-order valence-electron chi connectivity index (χ1n) is 8.93. The fraction of sp³-hybridized carbons (Fsp3) is 0.526. The Bertz CT molecular complexity index is 734. The van der Waals surface area contributed by atoms with Gasteiger partial charge in [0.2, 0.25) is 0 Å². The van der Waals surface area contributed by atoms with Crippen LogP contribution >= 0.6 is 11.3 Å². The Hall–Kier alpha value is -1.59. The molecule has 24 heavy (non-hydrogen) atoms. The number of fused-ring (bicyclic) bond motifs is 1. The Morgan fingerprint density at radius 1 is 1.17 bits per heavy atom. The second-order valence-electron chi connectivity index (χ2n) is 7.02. The SMILES string of the molecule is Cc1sc(-n2cccc2)c(C(=O)N[C@@H]2CCN3CCCC[C@H]23)c1C. The van der Waals surface area contributed by atoms with E-state index in [1.54, 1.807) is 11.3 Å². The van der Waals surface area contributed by atoms with Crippen molar-refractivity contribution in [3.05, 3.63) is 40.5 Å². The summed E-state index contributed by atoms with van der Waals surface area (Å²) < 4.78 is 2.06. The van der Waals surface area contributed by atoms with Crippen molar-refractivity contribution in [3.8, 4) is 5.00 Å². The second-order valence-corrected chi connectivity index (χ2v) is 8.22. The molecule has 1 N–H and O–H groups in total. The first-order chi connectivity index (χ1) is 11.6. The molecule has 2 aromatic heterocycles. The number of hydrogen-bond donors (Lipinski definition) is 1. The van der Waals surface area contributed by atoms with Gasteiger partial charge in [-0.25, -0.2) is 0 Å². The number of nitrogens with one attached hydrogen (secondary N) is 1. The van der Waals surface area contributed by atoms with E-state index in [-0.39, 0.29) is 5.91 Å². The predicted octanol–water partition coefficient (Wildman–Crippen LogP) is 3.51. The third-order valence-corrected chi connectivity index (χ3v) is 6.83. The molecule has 0 bridgehead atoms. The van der Waals surface area contributed by atoms with E-state index in [2.05, 4.69) is 28.6 Å². The summed E-state index contributed by atoms with van der Waals surface area (Å²) in [6.45, 7) is 6.49. The van der Waals surface area contributed by atoms with E-state index in [0.29, 0.717) is 12.1 Å². The Kier molecular flexibility index (Phi) is 4.22. The molecule has 4 nitrogen and oxygen atoms in total. The predicted molar refractivity (Wildman–Crippen MR) is 98.2 cm³/mol. The molecule has 2 aliphatic heterocycles. The average Bonchev–Trinajstić information content (AvgIpc) is 3.29. The molecule has 2 aromatic rings. The fourth-order valence-electron chi connectivity index (χ4n) is 4.18. The largest absolute Gasteiger partial charge is 0.348 e. The molecule has 0 spiro atoms. The molecule has 2 saturated heterocycles. The molecule has 0 unspecified atom stereocenters. The quantitative estimate of drug-likeness (QED) is 0.926. The molecule has 5 heteroatoms. The maximum atomic E-state index is 13.1. The zero-order valence-corrected chi connectivity index (χ0v) is 15.2. The van der Waals surface area contributed by atoms with E-state index in [4.69, 9.17) is 0 Å². The molecule has 2 fully saturated rings. The van der Waals surface area contributed by atoms with Crippen molar-refractivity contribution >= 4 is 17.2 Å². The number of carbonyl (C=O) groups excluding carboxylic acids is 1. The molecule has 4 rings (SSSR count). The number of amides is 1. The third-order valence-electron chi connectivity index (χ3n) is 5.61. The van der Waals surface area contributed by atoms with E-state index in [1.807, 2.05) is 24.5 Å². The number of rotatable bonds is 3. The molecule has 1 amide bonds. The maximum Gasteiger partial charge on any atom is 0.254 e. The van der Waals surface area contributed by atoms with E-state index < -0.39 is 0 Å². The molecule has 0 aliphatic carbocycles. The summed E-state index contributed by atoms with van der Waals surface area (Å²) in [5.41, 5.74) is 1.96. The van der Waals surface area contributed by atoms with Crippen LogP contribution in [-0.4, -0.2) is 40.5 Å². The number of nitrogens with zero attached hydrogens (tertiary/aromatic N) is 2. The molecule has 0 saturated carbocycles. The average molecular weight is 343 g/mol. The minimum absolute atomic E-state index is 0.0953. The van der Waals surface area contributed by atoms with Crippen LogP contribution in [0, 0.1) is 13.8 Å². The van der Waals surface area contributed by atoms with Crippen LogP contribution in [0.15, 0.2) is 24.5 Å². The van der Waals surface area contributed by atoms with Gasteiger partial charge in [0.25, 0.3) is 5.91 Å². The monoisotopic (exact) mass is 343 g/mol. The minimum Gasteiger partial charge on any atom is -0.348 e. The molecular weight excluding hydrogens is 318 g/mol. The van der Waals surface area contributed by atoms with Crippen LogP contribution in [0.5, 0.6) is 0 Å². The number of aryl methyl sites for hydroxylation is 1. The third kappa shape index (κ3) is 2.70. The van der Waals surface area contributed by atoms with Crippen LogP contribution in [0.2, 0.25) is 0 Å². The minimum atomic E-state index is 0.0953. The second kappa shape index (κ2) is 6.37. The van der Waals surface area contributed by atoms with Gasteiger partial charge in [0, 0.05) is 35.9 Å². The summed E-state index contributed by atoms with van der Waals surface area (Å²) >= 11 is 1.70. The van der Waals surface area contributed by atoms with Crippen molar-refractivity contribution in [2.75, 3.05) is 13.1 Å². The zero-order chi connectivity index (χ0) is 16.7. The van der Waals surface area contributed by atoms with Gasteiger partial charge in [0.15, 0.2) is 0 Å². The topological polar surface area (TPSA) is 37.3 Å². The summed E-state index contributed by atoms with van der Waals surface area (Å²) in [7, 11) is 0. The first kappa shape index (κ1) is 15.9. The standard InChI is InChI=1S/C19H25N3OS/c1-13-14(2)24-19(22-10-5-6-11-22)17(13)18(23)20-15-8-12-21-9-4-3-7-16(15)21/h5-6,10-11,15-16H,3-4,7-9,12H2,1-2H3,(H,20,23)/t15-,16-/m1/s1. The normalized spacial score (nSPS) is 24.1. The lowest BCUT2D eigenvalue weighted by Crippen LogP contribution is -2.47. The van der Waals surface area contributed by atoms with Crippen LogP contribution in [0.3, 0.4) is 0 Å². The molecule has 128 valence electrons. The van der Waals surface area contributed by atoms with E-state index >= 15 is 0 Å². The van der Waals surface area contributed by atoms with Crippen molar-refractivity contribution < 1.29 is 4.79 Å². The van der Waals surface area contributed by atoms with Crippen LogP contribution in [-0.2, 0) is 0 Å². The van der Waals surface area contributed by atoms with Gasteiger partial charge in [-0.15, -0.1) is 11.3 Å². The first-order valence-corrected chi connectivity index (χ1v) is 9.75. The molecule has 0 radical (unpaired) electrons. The van der Waals surface area contributed by atoms with Gasteiger partial charge < -0.3 is 9.88 Å². The molecule has 2 aliphatic rings. The van der Waals surface area contributed by atoms with Gasteiger partial charge in [0.05, 0.1) is 5.56 Å². The van der Waals surface area contributed by atoms with Crippen LogP contribution < -0.4 is 5.32 Å². The lowest BCUT2D eigenvalue weighted by Gasteiger charge is -2.32. The highest BCUT2D eigenvalue weighted by atomic mass is 32.1. The van der Waals surface area contributed by atoms with Crippen LogP contribution in [0.4, 0.5) is 0 Å². The van der Waals surface area contributed by atoms with E-state index in [9.17, 15) is 4.79 Å². The Labute approximate surface area is 147 Å². The summed E-state index contributed by atoms with van der Waals surface area (Å²) in [6.07, 6.45) is 8.92. The Morgan fingerprint density at radius 2 is 1.96 bits per heavy atom. The van der Waals surface area contributed by atoms with Crippen molar-refractivity contribution in [2.24, 2.45) is 0 Å². The summed E-state index contributed by atoms with van der Waals surface area (Å²) in [6, 6.07) is 4.85. The smallest absolute Gasteiger partial charge is 0.254 e. The number of hydrogen-bond acceptors (Lipinski definition) is 3. The van der Waals surface area contributed by atoms with E-state index in [0.717, 1.165) is 29.1 Å². The molecular formula is C19H25N3OS. The van der Waals surface area contributed by atoms with Crippen molar-refractivity contribution in [1.82, 2.24) is 14.8 Å². The molecule has 4 heterocycles. The maximum absolute atomic E-state index is 13.1. The van der Waals surface area contributed by atoms with Crippen LogP contribution in [0.1, 0.15) is 46.5 Å². The zero-order valence-electron chi connectivity index (χ0n) is 14.4. The summed E-state index contributed by atoms with van der Waals surface area (Å²) in [5, 5.41) is 4.40. The fourth-order valence-corrected chi connectivity index (χ4v) is 5.30. The van der Waals surface area contributed by atoms with Gasteiger partial charge in [-0.2, -0.15) is 0 Å². The number of piperidine rings is 1. The lowest BCUT2D eigenvalue weighted by atomic mass is 9.98. The lowest BCUT2D eigenvalue weighted by molar-refractivity contribution is 0.0915. The van der Waals surface area contributed by atoms with Crippen molar-refractivity contribution in [2.45, 2.75) is 51.6 Å². The van der Waals surface area contributed by atoms with Gasteiger partial charge in [0.1, 0.15) is 5.00 Å². The summed E-state index contributed by atoms with van der Waals surface area (Å²) in [4.78, 5) is 16.9.